The van der Waals surface area contributed by atoms with Gasteiger partial charge in [-0.1, -0.05) is 32.0 Å². The summed E-state index contributed by atoms with van der Waals surface area (Å²) in [5, 5.41) is 5.34. The first kappa shape index (κ1) is 15.2. The van der Waals surface area contributed by atoms with E-state index < -0.39 is 6.04 Å². The van der Waals surface area contributed by atoms with Crippen LogP contribution in [0.15, 0.2) is 24.3 Å². The monoisotopic (exact) mass is 263 g/mol. The molecule has 0 heterocycles. The number of carbonyl (C=O) groups is 2. The van der Waals surface area contributed by atoms with Crippen LogP contribution in [-0.4, -0.2) is 24.9 Å². The van der Waals surface area contributed by atoms with E-state index in [0.29, 0.717) is 5.69 Å². The topological polar surface area (TPSA) is 84.2 Å². The highest BCUT2D eigenvalue weighted by Crippen LogP contribution is 2.16. The summed E-state index contributed by atoms with van der Waals surface area (Å²) in [6.45, 7) is 3.78. The minimum absolute atomic E-state index is 0.0612. The van der Waals surface area contributed by atoms with E-state index in [4.69, 9.17) is 5.73 Å². The van der Waals surface area contributed by atoms with E-state index in [1.54, 1.807) is 13.1 Å². The third-order valence-corrected chi connectivity index (χ3v) is 2.93. The van der Waals surface area contributed by atoms with Crippen LogP contribution >= 0.6 is 0 Å². The number of nitrogens with one attached hydrogen (secondary N) is 2. The molecular formula is C14H21N3O2. The Morgan fingerprint density at radius 2 is 1.89 bits per heavy atom. The summed E-state index contributed by atoms with van der Waals surface area (Å²) in [6.07, 6.45) is 0.226. The molecule has 4 N–H and O–H groups in total. The summed E-state index contributed by atoms with van der Waals surface area (Å²) in [5.74, 6) is -0.277. The minimum Gasteiger partial charge on any atom is -0.359 e. The van der Waals surface area contributed by atoms with Gasteiger partial charge in [-0.25, -0.2) is 0 Å². The van der Waals surface area contributed by atoms with E-state index in [1.807, 2.05) is 32.0 Å². The van der Waals surface area contributed by atoms with Crippen LogP contribution in [0.25, 0.3) is 0 Å². The fraction of sp³-hybridized carbons (Fsp3) is 0.429. The van der Waals surface area contributed by atoms with Crippen LogP contribution in [0.4, 0.5) is 5.69 Å². The standard InChI is InChI=1S/C14H21N3O2/c1-9(2)13(15)14(19)17-11-7-5-4-6-10(11)8-12(18)16-3/h4-7,9,13H,8,15H2,1-3H3,(H,16,18)(H,17,19)/t13-/m0/s1. The zero-order chi connectivity index (χ0) is 14.4. The van der Waals surface area contributed by atoms with Gasteiger partial charge in [0.25, 0.3) is 0 Å². The minimum atomic E-state index is -0.562. The number of para-hydroxylation sites is 1. The molecule has 2 amide bonds. The summed E-state index contributed by atoms with van der Waals surface area (Å²) in [5.41, 5.74) is 7.20. The second kappa shape index (κ2) is 6.89. The molecule has 0 spiro atoms. The number of carbonyl (C=O) groups excluding carboxylic acids is 2. The van der Waals surface area contributed by atoms with Gasteiger partial charge in [-0.15, -0.1) is 0 Å². The zero-order valence-corrected chi connectivity index (χ0v) is 11.6. The Kier molecular flexibility index (Phi) is 5.51. The molecule has 1 aromatic rings. The smallest absolute Gasteiger partial charge is 0.241 e. The van der Waals surface area contributed by atoms with Crippen molar-refractivity contribution in [2.75, 3.05) is 12.4 Å². The van der Waals surface area contributed by atoms with Crippen molar-refractivity contribution in [2.45, 2.75) is 26.3 Å². The highest BCUT2D eigenvalue weighted by atomic mass is 16.2. The second-order valence-electron chi connectivity index (χ2n) is 4.77. The summed E-state index contributed by atoms with van der Waals surface area (Å²) < 4.78 is 0. The molecule has 19 heavy (non-hydrogen) atoms. The highest BCUT2D eigenvalue weighted by Gasteiger charge is 2.18. The molecule has 1 atom stereocenters. The molecule has 5 nitrogen and oxygen atoms in total. The maximum atomic E-state index is 11.9. The average Bonchev–Trinajstić information content (AvgIpc) is 2.39. The lowest BCUT2D eigenvalue weighted by molar-refractivity contribution is -0.120. The lowest BCUT2D eigenvalue weighted by Gasteiger charge is -2.17. The molecule has 0 radical (unpaired) electrons. The Hall–Kier alpha value is -1.88. The normalized spacial score (nSPS) is 12.1. The molecule has 0 saturated carbocycles. The molecule has 1 rings (SSSR count). The average molecular weight is 263 g/mol. The molecule has 0 fully saturated rings. The van der Waals surface area contributed by atoms with Gasteiger partial charge in [-0.2, -0.15) is 0 Å². The number of anilines is 1. The first-order valence-electron chi connectivity index (χ1n) is 6.30. The second-order valence-corrected chi connectivity index (χ2v) is 4.77. The fourth-order valence-electron chi connectivity index (χ4n) is 1.58. The van der Waals surface area contributed by atoms with Gasteiger partial charge in [-0.3, -0.25) is 9.59 Å². The van der Waals surface area contributed by atoms with Gasteiger partial charge >= 0.3 is 0 Å². The molecule has 0 bridgehead atoms. The first-order chi connectivity index (χ1) is 8.95. The summed E-state index contributed by atoms with van der Waals surface area (Å²) in [7, 11) is 1.58. The Bertz CT molecular complexity index is 458. The number of amides is 2. The predicted octanol–water partition coefficient (Wildman–Crippen LogP) is 0.897. The van der Waals surface area contributed by atoms with E-state index in [-0.39, 0.29) is 24.2 Å². The van der Waals surface area contributed by atoms with Crippen LogP contribution in [0.1, 0.15) is 19.4 Å². The summed E-state index contributed by atoms with van der Waals surface area (Å²) >= 11 is 0. The Labute approximate surface area is 113 Å². The van der Waals surface area contributed by atoms with E-state index >= 15 is 0 Å². The fourth-order valence-corrected chi connectivity index (χ4v) is 1.58. The number of hydrogen-bond donors (Lipinski definition) is 3. The molecule has 0 aromatic heterocycles. The van der Waals surface area contributed by atoms with Crippen molar-refractivity contribution < 1.29 is 9.59 Å². The Morgan fingerprint density at radius 3 is 2.47 bits per heavy atom. The van der Waals surface area contributed by atoms with E-state index in [9.17, 15) is 9.59 Å². The number of nitrogens with two attached hydrogens (primary N) is 1. The molecule has 0 unspecified atom stereocenters. The number of likely N-dealkylation sites (N-methyl/N-ethyl adjacent to an activating group) is 1. The highest BCUT2D eigenvalue weighted by molar-refractivity contribution is 5.96. The summed E-state index contributed by atoms with van der Waals surface area (Å²) in [4.78, 5) is 23.3. The van der Waals surface area contributed by atoms with Crippen molar-refractivity contribution in [1.29, 1.82) is 0 Å². The van der Waals surface area contributed by atoms with Crippen LogP contribution in [0, 0.1) is 5.92 Å². The maximum absolute atomic E-state index is 11.9. The van der Waals surface area contributed by atoms with Gasteiger partial charge in [0.05, 0.1) is 12.5 Å². The predicted molar refractivity (Wildman–Crippen MR) is 75.7 cm³/mol. The van der Waals surface area contributed by atoms with Gasteiger partial charge in [0.15, 0.2) is 0 Å². The van der Waals surface area contributed by atoms with Gasteiger partial charge in [0, 0.05) is 12.7 Å². The molecule has 0 saturated heterocycles. The van der Waals surface area contributed by atoms with Crippen molar-refractivity contribution in [2.24, 2.45) is 11.7 Å². The van der Waals surface area contributed by atoms with Crippen LogP contribution in [0.5, 0.6) is 0 Å². The molecule has 0 aliphatic carbocycles. The van der Waals surface area contributed by atoms with Gasteiger partial charge in [-0.05, 0) is 17.5 Å². The summed E-state index contributed by atoms with van der Waals surface area (Å²) in [6, 6.07) is 6.66. The lowest BCUT2D eigenvalue weighted by atomic mass is 10.0. The number of rotatable bonds is 5. The van der Waals surface area contributed by atoms with Crippen LogP contribution in [0.2, 0.25) is 0 Å². The lowest BCUT2D eigenvalue weighted by Crippen LogP contribution is -2.40. The van der Waals surface area contributed by atoms with Crippen LogP contribution in [-0.2, 0) is 16.0 Å². The SMILES string of the molecule is CNC(=O)Cc1ccccc1NC(=O)[C@@H](N)C(C)C. The first-order valence-corrected chi connectivity index (χ1v) is 6.30. The molecule has 0 aliphatic heterocycles. The largest absolute Gasteiger partial charge is 0.359 e. The Balaban J connectivity index is 2.83. The van der Waals surface area contributed by atoms with Crippen molar-refractivity contribution in [1.82, 2.24) is 5.32 Å². The van der Waals surface area contributed by atoms with Crippen molar-refractivity contribution in [3.63, 3.8) is 0 Å². The van der Waals surface area contributed by atoms with E-state index in [0.717, 1.165) is 5.56 Å². The quantitative estimate of drug-likeness (QED) is 0.738. The third kappa shape index (κ3) is 4.37. The van der Waals surface area contributed by atoms with Gasteiger partial charge < -0.3 is 16.4 Å². The van der Waals surface area contributed by atoms with Crippen LogP contribution in [0.3, 0.4) is 0 Å². The van der Waals surface area contributed by atoms with Gasteiger partial charge in [0.1, 0.15) is 0 Å². The van der Waals surface area contributed by atoms with Crippen LogP contribution < -0.4 is 16.4 Å². The third-order valence-electron chi connectivity index (χ3n) is 2.93. The molecule has 0 aliphatic rings. The number of hydrogen-bond acceptors (Lipinski definition) is 3. The molecular weight excluding hydrogens is 242 g/mol. The van der Waals surface area contributed by atoms with Crippen molar-refractivity contribution in [3.05, 3.63) is 29.8 Å². The van der Waals surface area contributed by atoms with E-state index in [1.165, 1.54) is 0 Å². The van der Waals surface area contributed by atoms with Gasteiger partial charge in [0.2, 0.25) is 11.8 Å². The maximum Gasteiger partial charge on any atom is 0.241 e. The van der Waals surface area contributed by atoms with Crippen molar-refractivity contribution in [3.8, 4) is 0 Å². The molecule has 5 heteroatoms. The molecule has 104 valence electrons. The zero-order valence-electron chi connectivity index (χ0n) is 11.6. The molecule has 1 aromatic carbocycles. The Morgan fingerprint density at radius 1 is 1.26 bits per heavy atom. The van der Waals surface area contributed by atoms with E-state index in [2.05, 4.69) is 10.6 Å². The van der Waals surface area contributed by atoms with Crippen molar-refractivity contribution >= 4 is 17.5 Å². The number of benzene rings is 1.